The first-order valence-electron chi connectivity index (χ1n) is 8.80. The summed E-state index contributed by atoms with van der Waals surface area (Å²) in [4.78, 5) is 25.8. The summed E-state index contributed by atoms with van der Waals surface area (Å²) < 4.78 is 5.01. The number of thiophene rings is 1. The fourth-order valence-corrected chi connectivity index (χ4v) is 4.49. The Balaban J connectivity index is 1.74. The highest BCUT2D eigenvalue weighted by atomic mass is 32.1. The third-order valence-corrected chi connectivity index (χ3v) is 5.80. The van der Waals surface area contributed by atoms with Crippen LogP contribution in [0.25, 0.3) is 10.2 Å². The Kier molecular flexibility index (Phi) is 4.36. The number of carbonyl (C=O) groups excluding carboxylic acids is 1. The summed E-state index contributed by atoms with van der Waals surface area (Å²) in [6.45, 7) is 7.66. The number of piperidine rings is 1. The summed E-state index contributed by atoms with van der Waals surface area (Å²) >= 11 is 1.40. The highest BCUT2D eigenvalue weighted by Gasteiger charge is 2.24. The van der Waals surface area contributed by atoms with Crippen molar-refractivity contribution in [1.29, 1.82) is 0 Å². The van der Waals surface area contributed by atoms with Crippen LogP contribution in [0.1, 0.15) is 46.1 Å². The first-order valence-corrected chi connectivity index (χ1v) is 9.62. The maximum absolute atomic E-state index is 12.7. The lowest BCUT2D eigenvalue weighted by Gasteiger charge is -2.28. The van der Waals surface area contributed by atoms with Crippen LogP contribution in [0.15, 0.2) is 10.6 Å². The molecule has 0 spiro atoms. The van der Waals surface area contributed by atoms with E-state index in [1.54, 1.807) is 13.0 Å². The van der Waals surface area contributed by atoms with Gasteiger partial charge in [-0.3, -0.25) is 4.79 Å². The van der Waals surface area contributed by atoms with Gasteiger partial charge in [-0.15, -0.1) is 11.3 Å². The molecule has 0 radical (unpaired) electrons. The van der Waals surface area contributed by atoms with E-state index in [2.05, 4.69) is 20.4 Å². The van der Waals surface area contributed by atoms with Gasteiger partial charge < -0.3 is 14.7 Å². The van der Waals surface area contributed by atoms with Crippen molar-refractivity contribution in [3.63, 3.8) is 0 Å². The van der Waals surface area contributed by atoms with Crippen LogP contribution < -0.4 is 10.2 Å². The number of rotatable bonds is 3. The molecule has 1 saturated heterocycles. The van der Waals surface area contributed by atoms with Crippen LogP contribution in [-0.2, 0) is 0 Å². The van der Waals surface area contributed by atoms with Crippen molar-refractivity contribution < 1.29 is 9.32 Å². The molecule has 26 heavy (non-hydrogen) atoms. The average molecular weight is 371 g/mol. The molecule has 0 bridgehead atoms. The van der Waals surface area contributed by atoms with E-state index in [0.717, 1.165) is 40.5 Å². The molecule has 3 aromatic heterocycles. The molecule has 1 N–H and O–H groups in total. The Hall–Kier alpha value is -2.48. The summed E-state index contributed by atoms with van der Waals surface area (Å²) in [5, 5.41) is 7.62. The van der Waals surface area contributed by atoms with Crippen LogP contribution in [-0.4, -0.2) is 34.1 Å². The Morgan fingerprint density at radius 2 is 1.96 bits per heavy atom. The number of nitrogens with zero attached hydrogens (tertiary/aromatic N) is 4. The number of anilines is 2. The molecule has 8 heteroatoms. The number of hydrogen-bond acceptors (Lipinski definition) is 7. The molecule has 4 rings (SSSR count). The lowest BCUT2D eigenvalue weighted by molar-refractivity contribution is 0.102. The molecule has 136 valence electrons. The smallest absolute Gasteiger partial charge is 0.267 e. The highest BCUT2D eigenvalue weighted by Crippen LogP contribution is 2.36. The largest absolute Gasteiger partial charge is 0.360 e. The minimum atomic E-state index is -0.193. The van der Waals surface area contributed by atoms with Crippen molar-refractivity contribution >= 4 is 39.1 Å². The maximum Gasteiger partial charge on any atom is 0.267 e. The molecule has 4 heterocycles. The highest BCUT2D eigenvalue weighted by molar-refractivity contribution is 7.20. The molecule has 1 aliphatic heterocycles. The lowest BCUT2D eigenvalue weighted by Crippen LogP contribution is -2.30. The Morgan fingerprint density at radius 3 is 2.65 bits per heavy atom. The molecule has 0 aliphatic carbocycles. The topological polar surface area (TPSA) is 84.2 Å². The van der Waals surface area contributed by atoms with Gasteiger partial charge in [0.2, 0.25) is 0 Å². The van der Waals surface area contributed by atoms with Crippen LogP contribution in [0.2, 0.25) is 0 Å². The number of fused-ring (bicyclic) bond motifs is 1. The van der Waals surface area contributed by atoms with Gasteiger partial charge >= 0.3 is 0 Å². The molecular formula is C18H21N5O2S. The molecular weight excluding hydrogens is 350 g/mol. The van der Waals surface area contributed by atoms with E-state index in [4.69, 9.17) is 9.51 Å². The Bertz CT molecular complexity index is 972. The van der Waals surface area contributed by atoms with E-state index in [1.807, 2.05) is 13.8 Å². The number of amides is 1. The van der Waals surface area contributed by atoms with Crippen molar-refractivity contribution in [2.45, 2.75) is 40.0 Å². The summed E-state index contributed by atoms with van der Waals surface area (Å²) in [5.74, 6) is 2.57. The van der Waals surface area contributed by atoms with Crippen LogP contribution in [0.5, 0.6) is 0 Å². The summed E-state index contributed by atoms with van der Waals surface area (Å²) in [7, 11) is 0. The van der Waals surface area contributed by atoms with Crippen LogP contribution in [0.4, 0.5) is 11.6 Å². The lowest BCUT2D eigenvalue weighted by atomic mass is 10.1. The molecule has 0 unspecified atom stereocenters. The SMILES string of the molecule is Cc1nc(N2CCCCC2)c2c(C)c(C(=O)Nc3cc(C)on3)sc2n1. The fraction of sp³-hybridized carbons (Fsp3) is 0.444. The predicted octanol–water partition coefficient (Wildman–Crippen LogP) is 3.85. The molecule has 0 atom stereocenters. The first-order chi connectivity index (χ1) is 12.5. The van der Waals surface area contributed by atoms with Crippen molar-refractivity contribution in [3.8, 4) is 0 Å². The minimum Gasteiger partial charge on any atom is -0.360 e. The van der Waals surface area contributed by atoms with Gasteiger partial charge in [0.15, 0.2) is 5.82 Å². The second-order valence-electron chi connectivity index (χ2n) is 6.66. The molecule has 7 nitrogen and oxygen atoms in total. The summed E-state index contributed by atoms with van der Waals surface area (Å²) in [6, 6.07) is 1.70. The Morgan fingerprint density at radius 1 is 1.19 bits per heavy atom. The van der Waals surface area contributed by atoms with Gasteiger partial charge in [-0.05, 0) is 45.6 Å². The van der Waals surface area contributed by atoms with Crippen LogP contribution >= 0.6 is 11.3 Å². The van der Waals surface area contributed by atoms with E-state index < -0.39 is 0 Å². The standard InChI is InChI=1S/C18H21N5O2S/c1-10-9-13(22-25-10)21-17(24)15-11(2)14-16(23-7-5-4-6-8-23)19-12(3)20-18(14)26-15/h9H,4-8H2,1-3H3,(H,21,22,24). The molecule has 1 amide bonds. The van der Waals surface area contributed by atoms with E-state index in [0.29, 0.717) is 16.5 Å². The van der Waals surface area contributed by atoms with Crippen LogP contribution in [0.3, 0.4) is 0 Å². The predicted molar refractivity (Wildman–Crippen MR) is 102 cm³/mol. The van der Waals surface area contributed by atoms with Gasteiger partial charge in [0, 0.05) is 19.2 Å². The van der Waals surface area contributed by atoms with Gasteiger partial charge in [-0.2, -0.15) is 0 Å². The van der Waals surface area contributed by atoms with E-state index in [-0.39, 0.29) is 5.91 Å². The Labute approximate surface area is 155 Å². The van der Waals surface area contributed by atoms with Gasteiger partial charge in [-0.25, -0.2) is 9.97 Å². The van der Waals surface area contributed by atoms with Gasteiger partial charge in [0.1, 0.15) is 22.2 Å². The zero-order valence-electron chi connectivity index (χ0n) is 15.1. The zero-order valence-corrected chi connectivity index (χ0v) is 15.9. The second-order valence-corrected chi connectivity index (χ2v) is 7.65. The minimum absolute atomic E-state index is 0.193. The fourth-order valence-electron chi connectivity index (χ4n) is 3.37. The number of aryl methyl sites for hydroxylation is 3. The average Bonchev–Trinajstić information content (AvgIpc) is 3.18. The molecule has 0 saturated carbocycles. The number of carbonyl (C=O) groups is 1. The number of hydrogen-bond donors (Lipinski definition) is 1. The zero-order chi connectivity index (χ0) is 18.3. The van der Waals surface area contributed by atoms with Crippen molar-refractivity contribution in [3.05, 3.63) is 28.1 Å². The first kappa shape index (κ1) is 17.0. The molecule has 1 fully saturated rings. The normalized spacial score (nSPS) is 14.8. The third-order valence-electron chi connectivity index (χ3n) is 4.61. The molecule has 0 aromatic carbocycles. The third kappa shape index (κ3) is 3.05. The van der Waals surface area contributed by atoms with Crippen molar-refractivity contribution in [2.75, 3.05) is 23.3 Å². The monoisotopic (exact) mass is 371 g/mol. The van der Waals surface area contributed by atoms with Gasteiger partial charge in [0.05, 0.1) is 10.3 Å². The molecule has 1 aliphatic rings. The maximum atomic E-state index is 12.7. The van der Waals surface area contributed by atoms with Crippen molar-refractivity contribution in [2.24, 2.45) is 0 Å². The second kappa shape index (κ2) is 6.68. The van der Waals surface area contributed by atoms with E-state index in [1.165, 1.54) is 30.6 Å². The van der Waals surface area contributed by atoms with Gasteiger partial charge in [0.25, 0.3) is 5.91 Å². The van der Waals surface area contributed by atoms with Crippen molar-refractivity contribution in [1.82, 2.24) is 15.1 Å². The van der Waals surface area contributed by atoms with E-state index >= 15 is 0 Å². The van der Waals surface area contributed by atoms with Gasteiger partial charge in [-0.1, -0.05) is 5.16 Å². The summed E-state index contributed by atoms with van der Waals surface area (Å²) in [6.07, 6.45) is 3.61. The molecule has 3 aromatic rings. The number of aromatic nitrogens is 3. The van der Waals surface area contributed by atoms with E-state index in [9.17, 15) is 4.79 Å². The summed E-state index contributed by atoms with van der Waals surface area (Å²) in [5.41, 5.74) is 0.920. The quantitative estimate of drug-likeness (QED) is 0.753. The number of nitrogens with one attached hydrogen (secondary N) is 1. The van der Waals surface area contributed by atoms with Crippen LogP contribution in [0, 0.1) is 20.8 Å².